The third-order valence-corrected chi connectivity index (χ3v) is 6.38. The van der Waals surface area contributed by atoms with Crippen molar-refractivity contribution < 1.29 is 23.7 Å². The molecule has 7 heteroatoms. The lowest BCUT2D eigenvalue weighted by molar-refractivity contribution is -0.283. The summed E-state index contributed by atoms with van der Waals surface area (Å²) in [5, 5.41) is 3.37. The van der Waals surface area contributed by atoms with Crippen molar-refractivity contribution in [3.05, 3.63) is 23.8 Å². The summed E-state index contributed by atoms with van der Waals surface area (Å²) in [6.07, 6.45) is 7.81. The Labute approximate surface area is 180 Å². The Bertz CT molecular complexity index is 661. The number of nitrogens with one attached hydrogen (secondary N) is 1. The minimum Gasteiger partial charge on any atom is -0.493 e. The first-order valence-corrected chi connectivity index (χ1v) is 10.6. The molecule has 1 aromatic rings. The molecular weight excluding hydrogens is 394 g/mol. The van der Waals surface area contributed by atoms with Gasteiger partial charge in [0.15, 0.2) is 23.1 Å². The lowest BCUT2D eigenvalue weighted by Crippen LogP contribution is -2.47. The molecule has 4 rings (SSSR count). The number of halogens is 1. The normalized spacial score (nSPS) is 29.7. The van der Waals surface area contributed by atoms with Crippen LogP contribution in [-0.4, -0.2) is 52.1 Å². The molecule has 1 saturated carbocycles. The van der Waals surface area contributed by atoms with Gasteiger partial charge in [-0.15, -0.1) is 12.4 Å². The Morgan fingerprint density at radius 2 is 1.90 bits per heavy atom. The van der Waals surface area contributed by atoms with E-state index in [0.717, 1.165) is 55.8 Å². The predicted octanol–water partition coefficient (Wildman–Crippen LogP) is 3.70. The summed E-state index contributed by atoms with van der Waals surface area (Å²) in [4.78, 5) is 0. The highest BCUT2D eigenvalue weighted by Gasteiger charge is 2.56. The largest absolute Gasteiger partial charge is 0.493 e. The van der Waals surface area contributed by atoms with Crippen LogP contribution in [0.5, 0.6) is 11.5 Å². The van der Waals surface area contributed by atoms with Gasteiger partial charge in [-0.25, -0.2) is 0 Å². The maximum atomic E-state index is 6.60. The fourth-order valence-corrected chi connectivity index (χ4v) is 4.77. The van der Waals surface area contributed by atoms with Gasteiger partial charge in [0, 0.05) is 25.4 Å². The monoisotopic (exact) mass is 427 g/mol. The average Bonchev–Trinajstić information content (AvgIpc) is 3.36. The third kappa shape index (κ3) is 4.83. The zero-order valence-electron chi connectivity index (χ0n) is 17.5. The quantitative estimate of drug-likeness (QED) is 0.716. The predicted molar refractivity (Wildman–Crippen MR) is 113 cm³/mol. The van der Waals surface area contributed by atoms with Crippen LogP contribution < -0.4 is 14.8 Å². The van der Waals surface area contributed by atoms with Gasteiger partial charge in [-0.05, 0) is 37.0 Å². The molecule has 3 fully saturated rings. The lowest BCUT2D eigenvalue weighted by Gasteiger charge is -2.39. The average molecular weight is 428 g/mol. The molecule has 2 saturated heterocycles. The molecule has 1 spiro atoms. The molecule has 2 heterocycles. The molecule has 2 unspecified atom stereocenters. The van der Waals surface area contributed by atoms with Crippen LogP contribution in [0.1, 0.15) is 44.1 Å². The van der Waals surface area contributed by atoms with Crippen molar-refractivity contribution in [1.82, 2.24) is 5.32 Å². The van der Waals surface area contributed by atoms with Gasteiger partial charge in [0.25, 0.3) is 0 Å². The van der Waals surface area contributed by atoms with Crippen LogP contribution in [0.15, 0.2) is 18.2 Å². The summed E-state index contributed by atoms with van der Waals surface area (Å²) in [6, 6.07) is 6.02. The van der Waals surface area contributed by atoms with E-state index in [9.17, 15) is 0 Å². The number of ether oxygens (including phenoxy) is 5. The molecule has 2 aliphatic heterocycles. The first-order chi connectivity index (χ1) is 13.7. The van der Waals surface area contributed by atoms with E-state index >= 15 is 0 Å². The Kier molecular flexibility index (Phi) is 7.68. The Morgan fingerprint density at radius 3 is 2.59 bits per heavy atom. The minimum absolute atomic E-state index is 0. The highest BCUT2D eigenvalue weighted by Crippen LogP contribution is 2.45. The standard InChI is InChI=1S/C22H33NO5.ClH/c1-24-19-9-8-17(14-20(19)25-2)10-13-26-22(18-6-4-3-5-7-18)16-27-21(28-22)11-12-23-15-21;/h8-9,14,18,23H,3-7,10-13,15-16H2,1-2H3;1H. The van der Waals surface area contributed by atoms with Crippen molar-refractivity contribution >= 4 is 12.4 Å². The van der Waals surface area contributed by atoms with Gasteiger partial charge in [0.2, 0.25) is 0 Å². The second-order valence-corrected chi connectivity index (χ2v) is 8.16. The molecule has 0 aromatic heterocycles. The lowest BCUT2D eigenvalue weighted by atomic mass is 9.83. The highest BCUT2D eigenvalue weighted by atomic mass is 35.5. The van der Waals surface area contributed by atoms with Gasteiger partial charge in [-0.3, -0.25) is 0 Å². The van der Waals surface area contributed by atoms with Gasteiger partial charge >= 0.3 is 0 Å². The summed E-state index contributed by atoms with van der Waals surface area (Å²) in [6.45, 7) is 2.82. The zero-order chi connectivity index (χ0) is 19.5. The molecule has 29 heavy (non-hydrogen) atoms. The molecule has 3 aliphatic rings. The fourth-order valence-electron chi connectivity index (χ4n) is 4.77. The summed E-state index contributed by atoms with van der Waals surface area (Å²) < 4.78 is 30.0. The van der Waals surface area contributed by atoms with E-state index in [-0.39, 0.29) is 12.4 Å². The van der Waals surface area contributed by atoms with Crippen LogP contribution in [0.25, 0.3) is 0 Å². The van der Waals surface area contributed by atoms with Crippen LogP contribution in [0.3, 0.4) is 0 Å². The molecule has 0 radical (unpaired) electrons. The highest BCUT2D eigenvalue weighted by molar-refractivity contribution is 5.85. The number of hydrogen-bond donors (Lipinski definition) is 1. The number of methoxy groups -OCH3 is 2. The summed E-state index contributed by atoms with van der Waals surface area (Å²) in [7, 11) is 3.31. The molecule has 164 valence electrons. The van der Waals surface area contributed by atoms with Crippen LogP contribution in [0, 0.1) is 5.92 Å². The van der Waals surface area contributed by atoms with Crippen LogP contribution in [0.2, 0.25) is 0 Å². The molecule has 1 aliphatic carbocycles. The molecule has 6 nitrogen and oxygen atoms in total. The number of rotatable bonds is 7. The van der Waals surface area contributed by atoms with E-state index in [1.807, 2.05) is 12.1 Å². The summed E-state index contributed by atoms with van der Waals surface area (Å²) in [5.41, 5.74) is 1.16. The maximum Gasteiger partial charge on any atom is 0.198 e. The van der Waals surface area contributed by atoms with Crippen molar-refractivity contribution in [3.63, 3.8) is 0 Å². The van der Waals surface area contributed by atoms with Gasteiger partial charge < -0.3 is 29.0 Å². The van der Waals surface area contributed by atoms with Crippen molar-refractivity contribution in [1.29, 1.82) is 0 Å². The smallest absolute Gasteiger partial charge is 0.198 e. The van der Waals surface area contributed by atoms with E-state index in [1.54, 1.807) is 14.2 Å². The maximum absolute atomic E-state index is 6.60. The minimum atomic E-state index is -0.608. The van der Waals surface area contributed by atoms with Gasteiger partial charge in [-0.1, -0.05) is 25.3 Å². The van der Waals surface area contributed by atoms with E-state index in [0.29, 0.717) is 19.1 Å². The van der Waals surface area contributed by atoms with Crippen LogP contribution in [-0.2, 0) is 20.6 Å². The van der Waals surface area contributed by atoms with Crippen molar-refractivity contribution in [3.8, 4) is 11.5 Å². The van der Waals surface area contributed by atoms with Gasteiger partial charge in [0.05, 0.1) is 20.8 Å². The van der Waals surface area contributed by atoms with E-state index in [2.05, 4.69) is 11.4 Å². The molecule has 1 aromatic carbocycles. The van der Waals surface area contributed by atoms with Crippen molar-refractivity contribution in [2.24, 2.45) is 5.92 Å². The summed E-state index contributed by atoms with van der Waals surface area (Å²) in [5.74, 6) is 0.795. The first-order valence-electron chi connectivity index (χ1n) is 10.6. The van der Waals surface area contributed by atoms with Crippen LogP contribution >= 0.6 is 12.4 Å². The Hall–Kier alpha value is -1.05. The molecule has 2 atom stereocenters. The zero-order valence-corrected chi connectivity index (χ0v) is 18.4. The van der Waals surface area contributed by atoms with Crippen LogP contribution in [0.4, 0.5) is 0 Å². The summed E-state index contributed by atoms with van der Waals surface area (Å²) >= 11 is 0. The molecule has 0 bridgehead atoms. The van der Waals surface area contributed by atoms with Crippen molar-refractivity contribution in [2.75, 3.05) is 40.5 Å². The fraction of sp³-hybridized carbons (Fsp3) is 0.727. The van der Waals surface area contributed by atoms with E-state index < -0.39 is 11.6 Å². The molecule has 1 N–H and O–H groups in total. The first kappa shape index (κ1) is 22.6. The molecular formula is C22H34ClNO5. The topological polar surface area (TPSA) is 58.2 Å². The van der Waals surface area contributed by atoms with E-state index in [4.69, 9.17) is 23.7 Å². The second-order valence-electron chi connectivity index (χ2n) is 8.16. The third-order valence-electron chi connectivity index (χ3n) is 6.38. The molecule has 0 amide bonds. The van der Waals surface area contributed by atoms with Gasteiger partial charge in [0.1, 0.15) is 6.61 Å². The Balaban J connectivity index is 0.00000240. The Morgan fingerprint density at radius 1 is 1.10 bits per heavy atom. The van der Waals surface area contributed by atoms with Gasteiger partial charge in [-0.2, -0.15) is 0 Å². The van der Waals surface area contributed by atoms with E-state index in [1.165, 1.54) is 19.3 Å². The van der Waals surface area contributed by atoms with Crippen molar-refractivity contribution in [2.45, 2.75) is 56.5 Å². The number of hydrogen-bond acceptors (Lipinski definition) is 6. The second kappa shape index (κ2) is 9.84. The number of benzene rings is 1. The SMILES string of the molecule is COc1ccc(CCOC2(C3CCCCC3)COC3(CCNC3)O2)cc1OC.Cl.